The highest BCUT2D eigenvalue weighted by molar-refractivity contribution is 5.29. The van der Waals surface area contributed by atoms with Gasteiger partial charge in [0.1, 0.15) is 5.75 Å². The smallest absolute Gasteiger partial charge is 0.191 e. The van der Waals surface area contributed by atoms with Crippen molar-refractivity contribution in [3.8, 4) is 5.75 Å². The van der Waals surface area contributed by atoms with Crippen LogP contribution in [0, 0.1) is 5.92 Å². The summed E-state index contributed by atoms with van der Waals surface area (Å²) < 4.78 is 17.3. The maximum Gasteiger partial charge on any atom is 0.191 e. The number of hydrogen-bond acceptors (Lipinski definition) is 3. The topological polar surface area (TPSA) is 27.7 Å². The van der Waals surface area contributed by atoms with Crippen molar-refractivity contribution in [3.05, 3.63) is 65.7 Å². The molecule has 2 aromatic rings. The van der Waals surface area contributed by atoms with Crippen LogP contribution < -0.4 is 4.74 Å². The van der Waals surface area contributed by atoms with Crippen molar-refractivity contribution in [3.63, 3.8) is 0 Å². The van der Waals surface area contributed by atoms with Gasteiger partial charge in [0.15, 0.2) is 5.79 Å². The largest absolute Gasteiger partial charge is 0.497 e. The maximum atomic E-state index is 6.05. The standard InChI is InChI=1S/C19H22O3/c1-19(17-8-10-18(20-2)11-9-17)21-13-16(14-22-19)12-15-6-4-3-5-7-15/h3-11,16H,12-14H2,1-2H3. The minimum atomic E-state index is -0.667. The molecule has 0 amide bonds. The Morgan fingerprint density at radius 3 is 2.23 bits per heavy atom. The molecule has 3 rings (SSSR count). The van der Waals surface area contributed by atoms with Gasteiger partial charge in [0.25, 0.3) is 0 Å². The molecule has 0 bridgehead atoms. The van der Waals surface area contributed by atoms with Crippen LogP contribution in [-0.2, 0) is 21.7 Å². The highest BCUT2D eigenvalue weighted by Crippen LogP contribution is 2.33. The molecule has 22 heavy (non-hydrogen) atoms. The average molecular weight is 298 g/mol. The molecule has 3 nitrogen and oxygen atoms in total. The van der Waals surface area contributed by atoms with E-state index in [0.29, 0.717) is 19.1 Å². The summed E-state index contributed by atoms with van der Waals surface area (Å²) in [6.45, 7) is 3.39. The van der Waals surface area contributed by atoms with Crippen LogP contribution >= 0.6 is 0 Å². The second-order valence-electron chi connectivity index (χ2n) is 5.85. The van der Waals surface area contributed by atoms with Crippen molar-refractivity contribution in [2.24, 2.45) is 5.92 Å². The molecular weight excluding hydrogens is 276 g/mol. The van der Waals surface area contributed by atoms with Crippen LogP contribution in [0.25, 0.3) is 0 Å². The summed E-state index contributed by atoms with van der Waals surface area (Å²) in [5.74, 6) is 0.568. The van der Waals surface area contributed by atoms with E-state index in [0.717, 1.165) is 17.7 Å². The Morgan fingerprint density at radius 1 is 1.00 bits per heavy atom. The number of rotatable bonds is 4. The van der Waals surface area contributed by atoms with Crippen LogP contribution in [0.4, 0.5) is 0 Å². The molecule has 1 heterocycles. The molecule has 0 unspecified atom stereocenters. The van der Waals surface area contributed by atoms with E-state index in [1.54, 1.807) is 7.11 Å². The van der Waals surface area contributed by atoms with Crippen LogP contribution in [0.5, 0.6) is 5.75 Å². The van der Waals surface area contributed by atoms with E-state index in [2.05, 4.69) is 24.3 Å². The zero-order valence-corrected chi connectivity index (χ0v) is 13.1. The molecule has 1 aliphatic heterocycles. The van der Waals surface area contributed by atoms with E-state index in [1.807, 2.05) is 37.3 Å². The van der Waals surface area contributed by atoms with E-state index >= 15 is 0 Å². The Kier molecular flexibility index (Phi) is 4.46. The number of ether oxygens (including phenoxy) is 3. The molecule has 2 aromatic carbocycles. The lowest BCUT2D eigenvalue weighted by molar-refractivity contribution is -0.281. The molecule has 3 heteroatoms. The fourth-order valence-electron chi connectivity index (χ4n) is 2.77. The first-order valence-corrected chi connectivity index (χ1v) is 7.66. The molecule has 0 radical (unpaired) electrons. The van der Waals surface area contributed by atoms with E-state index in [-0.39, 0.29) is 0 Å². The Labute approximate surface area is 131 Å². The second-order valence-corrected chi connectivity index (χ2v) is 5.85. The summed E-state index contributed by atoms with van der Waals surface area (Å²) >= 11 is 0. The van der Waals surface area contributed by atoms with Crippen LogP contribution in [0.15, 0.2) is 54.6 Å². The molecule has 1 saturated heterocycles. The number of methoxy groups -OCH3 is 1. The van der Waals surface area contributed by atoms with Crippen LogP contribution in [-0.4, -0.2) is 20.3 Å². The minimum Gasteiger partial charge on any atom is -0.497 e. The minimum absolute atomic E-state index is 0.397. The average Bonchev–Trinajstić information content (AvgIpc) is 2.58. The molecule has 1 aliphatic rings. The van der Waals surface area contributed by atoms with Crippen molar-refractivity contribution in [1.82, 2.24) is 0 Å². The van der Waals surface area contributed by atoms with Crippen molar-refractivity contribution < 1.29 is 14.2 Å². The van der Waals surface area contributed by atoms with Crippen molar-refractivity contribution in [2.75, 3.05) is 20.3 Å². The first-order chi connectivity index (χ1) is 10.7. The molecule has 1 fully saturated rings. The molecule has 0 aromatic heterocycles. The number of hydrogen-bond donors (Lipinski definition) is 0. The van der Waals surface area contributed by atoms with Gasteiger partial charge in [0.05, 0.1) is 20.3 Å². The van der Waals surface area contributed by atoms with Gasteiger partial charge < -0.3 is 14.2 Å². The van der Waals surface area contributed by atoms with E-state index in [4.69, 9.17) is 14.2 Å². The van der Waals surface area contributed by atoms with Crippen LogP contribution in [0.2, 0.25) is 0 Å². The highest BCUT2D eigenvalue weighted by atomic mass is 16.7. The lowest BCUT2D eigenvalue weighted by atomic mass is 9.98. The van der Waals surface area contributed by atoms with E-state index in [9.17, 15) is 0 Å². The third-order valence-corrected chi connectivity index (χ3v) is 4.17. The molecular formula is C19H22O3. The zero-order valence-electron chi connectivity index (χ0n) is 13.1. The third kappa shape index (κ3) is 3.32. The van der Waals surface area contributed by atoms with Crippen LogP contribution in [0.1, 0.15) is 18.1 Å². The van der Waals surface area contributed by atoms with Gasteiger partial charge in [-0.1, -0.05) is 30.3 Å². The first kappa shape index (κ1) is 15.1. The van der Waals surface area contributed by atoms with Crippen molar-refractivity contribution in [2.45, 2.75) is 19.1 Å². The second kappa shape index (κ2) is 6.51. The van der Waals surface area contributed by atoms with Gasteiger partial charge in [-0.25, -0.2) is 0 Å². The van der Waals surface area contributed by atoms with Gasteiger partial charge in [0.2, 0.25) is 0 Å². The summed E-state index contributed by atoms with van der Waals surface area (Å²) in [6, 6.07) is 18.3. The monoisotopic (exact) mass is 298 g/mol. The summed E-state index contributed by atoms with van der Waals surface area (Å²) in [5.41, 5.74) is 2.35. The van der Waals surface area contributed by atoms with Crippen molar-refractivity contribution in [1.29, 1.82) is 0 Å². The third-order valence-electron chi connectivity index (χ3n) is 4.17. The Bertz CT molecular complexity index is 584. The first-order valence-electron chi connectivity index (χ1n) is 7.66. The maximum absolute atomic E-state index is 6.05. The quantitative estimate of drug-likeness (QED) is 0.860. The van der Waals surface area contributed by atoms with Gasteiger partial charge in [-0.2, -0.15) is 0 Å². The number of benzene rings is 2. The fourth-order valence-corrected chi connectivity index (χ4v) is 2.77. The predicted octanol–water partition coefficient (Wildman–Crippen LogP) is 3.77. The van der Waals surface area contributed by atoms with Crippen molar-refractivity contribution >= 4 is 0 Å². The van der Waals surface area contributed by atoms with Gasteiger partial charge in [-0.15, -0.1) is 0 Å². The Morgan fingerprint density at radius 2 is 1.64 bits per heavy atom. The molecule has 0 saturated carbocycles. The summed E-state index contributed by atoms with van der Waals surface area (Å²) in [6.07, 6.45) is 0.986. The van der Waals surface area contributed by atoms with Gasteiger partial charge >= 0.3 is 0 Å². The normalized spacial score (nSPS) is 24.9. The van der Waals surface area contributed by atoms with E-state index in [1.165, 1.54) is 5.56 Å². The van der Waals surface area contributed by atoms with Crippen LogP contribution in [0.3, 0.4) is 0 Å². The molecule has 0 spiro atoms. The van der Waals surface area contributed by atoms with Gasteiger partial charge in [-0.05, 0) is 43.2 Å². The summed E-state index contributed by atoms with van der Waals surface area (Å²) in [4.78, 5) is 0. The summed E-state index contributed by atoms with van der Waals surface area (Å²) in [7, 11) is 1.67. The lowest BCUT2D eigenvalue weighted by Crippen LogP contribution is -2.40. The molecule has 0 aliphatic carbocycles. The van der Waals surface area contributed by atoms with E-state index < -0.39 is 5.79 Å². The van der Waals surface area contributed by atoms with Gasteiger partial charge in [-0.3, -0.25) is 0 Å². The molecule has 116 valence electrons. The Hall–Kier alpha value is -1.84. The lowest BCUT2D eigenvalue weighted by Gasteiger charge is -2.38. The Balaban J connectivity index is 1.62. The zero-order chi connectivity index (χ0) is 15.4. The SMILES string of the molecule is COc1ccc(C2(C)OCC(Cc3ccccc3)CO2)cc1. The molecule has 0 atom stereocenters. The van der Waals surface area contributed by atoms with Gasteiger partial charge in [0, 0.05) is 11.5 Å². The fraction of sp³-hybridized carbons (Fsp3) is 0.368. The predicted molar refractivity (Wildman–Crippen MR) is 85.9 cm³/mol. The summed E-state index contributed by atoms with van der Waals surface area (Å²) in [5, 5.41) is 0. The molecule has 0 N–H and O–H groups in total. The highest BCUT2D eigenvalue weighted by Gasteiger charge is 2.34.